The largest absolute Gasteiger partial charge is 0.495 e. The molecule has 2 atom stereocenters. The van der Waals surface area contributed by atoms with Crippen molar-refractivity contribution < 1.29 is 18.7 Å². The molecule has 0 saturated heterocycles. The number of aromatic nitrogens is 3. The minimum absolute atomic E-state index is 0.0226. The Hall–Kier alpha value is -3.43. The van der Waals surface area contributed by atoms with Crippen LogP contribution in [0.25, 0.3) is 33.5 Å². The normalized spacial score (nSPS) is 15.5. The molecule has 190 valence electrons. The first-order chi connectivity index (χ1) is 17.4. The molecule has 9 heteroatoms. The van der Waals surface area contributed by atoms with Gasteiger partial charge in [-0.2, -0.15) is 0 Å². The van der Waals surface area contributed by atoms with E-state index in [2.05, 4.69) is 27.3 Å². The average Bonchev–Trinajstić information content (AvgIpc) is 3.41. The summed E-state index contributed by atoms with van der Waals surface area (Å²) in [6.07, 6.45) is 0.671. The van der Waals surface area contributed by atoms with Crippen molar-refractivity contribution >= 4 is 27.8 Å². The van der Waals surface area contributed by atoms with Gasteiger partial charge in [-0.3, -0.25) is 4.79 Å². The van der Waals surface area contributed by atoms with Crippen LogP contribution in [0.5, 0.6) is 5.75 Å². The molecule has 1 aliphatic rings. The second-order valence-electron chi connectivity index (χ2n) is 9.49. The highest BCUT2D eigenvalue weighted by atomic mass is 19.1. The fourth-order valence-corrected chi connectivity index (χ4v) is 5.11. The number of alkyl halides is 1. The molecule has 0 radical (unpaired) electrons. The summed E-state index contributed by atoms with van der Waals surface area (Å²) in [5, 5.41) is 1.05. The van der Waals surface area contributed by atoms with Gasteiger partial charge in [-0.15, -0.1) is 0 Å². The van der Waals surface area contributed by atoms with Crippen molar-refractivity contribution in [3.05, 3.63) is 47.5 Å². The van der Waals surface area contributed by atoms with E-state index >= 15 is 0 Å². The van der Waals surface area contributed by atoms with Crippen LogP contribution in [-0.4, -0.2) is 71.1 Å². The molecule has 2 N–H and O–H groups in total. The van der Waals surface area contributed by atoms with Crippen LogP contribution in [0.15, 0.2) is 36.4 Å². The molecule has 0 aliphatic carbocycles. The second-order valence-corrected chi connectivity index (χ2v) is 9.49. The highest BCUT2D eigenvalue weighted by molar-refractivity contribution is 6.01. The van der Waals surface area contributed by atoms with E-state index in [1.807, 2.05) is 32.2 Å². The van der Waals surface area contributed by atoms with Gasteiger partial charge in [0.25, 0.3) is 5.91 Å². The van der Waals surface area contributed by atoms with E-state index in [-0.39, 0.29) is 18.6 Å². The van der Waals surface area contributed by atoms with E-state index in [1.54, 1.807) is 19.1 Å². The monoisotopic (exact) mass is 493 g/mol. The lowest BCUT2D eigenvalue weighted by atomic mass is 9.97. The first-order valence-electron chi connectivity index (χ1n) is 12.2. The molecule has 0 saturated carbocycles. The number of hydrogen-bond acceptors (Lipinski definition) is 5. The number of amides is 1. The third-order valence-corrected chi connectivity index (χ3v) is 7.10. The van der Waals surface area contributed by atoms with Crippen LogP contribution in [0.4, 0.5) is 4.39 Å². The van der Waals surface area contributed by atoms with Gasteiger partial charge in [0.1, 0.15) is 12.4 Å². The Morgan fingerprint density at radius 3 is 2.72 bits per heavy atom. The van der Waals surface area contributed by atoms with Crippen molar-refractivity contribution in [3.63, 3.8) is 0 Å². The van der Waals surface area contributed by atoms with E-state index in [9.17, 15) is 9.18 Å². The number of carbonyl (C=O) groups excluding carboxylic acids is 1. The van der Waals surface area contributed by atoms with Gasteiger partial charge >= 0.3 is 0 Å². The highest BCUT2D eigenvalue weighted by Gasteiger charge is 2.28. The van der Waals surface area contributed by atoms with Crippen LogP contribution in [0.1, 0.15) is 22.8 Å². The maximum Gasteiger partial charge on any atom is 0.254 e. The van der Waals surface area contributed by atoms with Crippen molar-refractivity contribution in [2.45, 2.75) is 32.0 Å². The van der Waals surface area contributed by atoms with E-state index in [4.69, 9.17) is 20.2 Å². The highest BCUT2D eigenvalue weighted by Crippen LogP contribution is 2.35. The van der Waals surface area contributed by atoms with Gasteiger partial charge in [0, 0.05) is 44.7 Å². The van der Waals surface area contributed by atoms with Crippen LogP contribution in [-0.2, 0) is 24.8 Å². The van der Waals surface area contributed by atoms with Gasteiger partial charge in [-0.1, -0.05) is 12.1 Å². The molecular formula is C27H32FN5O3. The van der Waals surface area contributed by atoms with Gasteiger partial charge in [0.05, 0.1) is 41.5 Å². The van der Waals surface area contributed by atoms with E-state index < -0.39 is 12.7 Å². The number of nitrogens with zero attached hydrogens (tertiary/aromatic N) is 4. The van der Waals surface area contributed by atoms with Crippen molar-refractivity contribution in [3.8, 4) is 17.3 Å². The van der Waals surface area contributed by atoms with Gasteiger partial charge in [-0.25, -0.2) is 9.37 Å². The molecule has 3 heterocycles. The molecule has 5 rings (SSSR count). The number of carbonyl (C=O) groups is 1. The standard InChI is InChI=1S/C27H32FN5O3/c1-16(35-3)14-33-23(11-18-6-5-7-24(36-4)25(18)33)26-30-21-12-20-17(10-22(21)31(26)2)8-9-32(27(20)34)15-19(29)13-28/h5-7,10-12,16,19H,8-9,13-15,29H2,1-4H3/t16-,19+/m0/s1. The minimum Gasteiger partial charge on any atom is -0.495 e. The fraction of sp³-hybridized carbons (Fsp3) is 0.407. The quantitative estimate of drug-likeness (QED) is 0.406. The topological polar surface area (TPSA) is 87.5 Å². The zero-order chi connectivity index (χ0) is 25.6. The molecule has 1 amide bonds. The molecule has 2 aromatic heterocycles. The second kappa shape index (κ2) is 9.55. The maximum absolute atomic E-state index is 13.2. The Morgan fingerprint density at radius 1 is 1.19 bits per heavy atom. The molecule has 36 heavy (non-hydrogen) atoms. The van der Waals surface area contributed by atoms with Crippen LogP contribution < -0.4 is 10.5 Å². The molecular weight excluding hydrogens is 461 g/mol. The number of nitrogens with two attached hydrogens (primary N) is 1. The Morgan fingerprint density at radius 2 is 2.00 bits per heavy atom. The Kier molecular flexibility index (Phi) is 6.44. The summed E-state index contributed by atoms with van der Waals surface area (Å²) in [4.78, 5) is 19.8. The molecule has 4 aromatic rings. The summed E-state index contributed by atoms with van der Waals surface area (Å²) in [6, 6.07) is 11.3. The maximum atomic E-state index is 13.2. The Balaban J connectivity index is 1.64. The number of fused-ring (bicyclic) bond motifs is 3. The minimum atomic E-state index is -0.672. The Labute approximate surface area is 209 Å². The number of methoxy groups -OCH3 is 2. The lowest BCUT2D eigenvalue weighted by Gasteiger charge is -2.30. The predicted molar refractivity (Wildman–Crippen MR) is 138 cm³/mol. The SMILES string of the molecule is COc1cccc2cc(-c3nc4cc5c(cc4n3C)CCN(C[C@H](N)CF)C5=O)n(C[C@H](C)OC)c12. The van der Waals surface area contributed by atoms with Crippen LogP contribution in [0.2, 0.25) is 0 Å². The number of para-hydroxylation sites is 1. The molecule has 1 aliphatic heterocycles. The number of aryl methyl sites for hydroxylation is 1. The molecule has 0 bridgehead atoms. The summed E-state index contributed by atoms with van der Waals surface area (Å²) in [7, 11) is 5.37. The summed E-state index contributed by atoms with van der Waals surface area (Å²) in [6.45, 7) is 2.73. The first kappa shape index (κ1) is 24.3. The molecule has 0 unspecified atom stereocenters. The zero-order valence-corrected chi connectivity index (χ0v) is 21.1. The third-order valence-electron chi connectivity index (χ3n) is 7.10. The van der Waals surface area contributed by atoms with Gasteiger partial charge < -0.3 is 29.2 Å². The molecule has 0 fully saturated rings. The van der Waals surface area contributed by atoms with E-state index in [1.165, 1.54) is 0 Å². The number of ether oxygens (including phenoxy) is 2. The van der Waals surface area contributed by atoms with Gasteiger partial charge in [-0.05, 0) is 43.2 Å². The lowest BCUT2D eigenvalue weighted by molar-refractivity contribution is 0.0725. The van der Waals surface area contributed by atoms with Gasteiger partial charge in [0.2, 0.25) is 0 Å². The van der Waals surface area contributed by atoms with Gasteiger partial charge in [0.15, 0.2) is 5.82 Å². The molecule has 2 aromatic carbocycles. The Bertz CT molecular complexity index is 1440. The molecule has 8 nitrogen and oxygen atoms in total. The summed E-state index contributed by atoms with van der Waals surface area (Å²) in [5.74, 6) is 1.45. The number of hydrogen-bond donors (Lipinski definition) is 1. The van der Waals surface area contributed by atoms with Crippen molar-refractivity contribution in [2.75, 3.05) is 34.0 Å². The van der Waals surface area contributed by atoms with Crippen molar-refractivity contribution in [2.24, 2.45) is 12.8 Å². The number of rotatable bonds is 8. The predicted octanol–water partition coefficient (Wildman–Crippen LogP) is 3.53. The smallest absolute Gasteiger partial charge is 0.254 e. The fourth-order valence-electron chi connectivity index (χ4n) is 5.11. The summed E-state index contributed by atoms with van der Waals surface area (Å²) >= 11 is 0. The van der Waals surface area contributed by atoms with Crippen molar-refractivity contribution in [1.82, 2.24) is 19.0 Å². The summed E-state index contributed by atoms with van der Waals surface area (Å²) < 4.78 is 28.5. The lowest BCUT2D eigenvalue weighted by Crippen LogP contribution is -2.45. The van der Waals surface area contributed by atoms with Crippen LogP contribution in [0, 0.1) is 0 Å². The van der Waals surface area contributed by atoms with Crippen molar-refractivity contribution in [1.29, 1.82) is 0 Å². The summed E-state index contributed by atoms with van der Waals surface area (Å²) in [5.41, 5.74) is 11.0. The average molecular weight is 494 g/mol. The zero-order valence-electron chi connectivity index (χ0n) is 21.1. The van der Waals surface area contributed by atoms with E-state index in [0.29, 0.717) is 25.1 Å². The van der Waals surface area contributed by atoms with E-state index in [0.717, 1.165) is 44.8 Å². The first-order valence-corrected chi connectivity index (χ1v) is 12.2. The number of imidazole rings is 1. The van der Waals surface area contributed by atoms with Crippen LogP contribution >= 0.6 is 0 Å². The number of halogens is 1. The van der Waals surface area contributed by atoms with Crippen LogP contribution in [0.3, 0.4) is 0 Å². The third kappa shape index (κ3) is 4.02. The molecule has 0 spiro atoms. The number of benzene rings is 2.